The van der Waals surface area contributed by atoms with Gasteiger partial charge in [0, 0.05) is 44.8 Å². The van der Waals surface area contributed by atoms with Gasteiger partial charge in [-0.2, -0.15) is 0 Å². The molecule has 0 aliphatic heterocycles. The van der Waals surface area contributed by atoms with Crippen molar-refractivity contribution in [1.29, 1.82) is 0 Å². The molecule has 2 aliphatic rings. The van der Waals surface area contributed by atoms with Crippen LogP contribution in [0, 0.1) is 6.92 Å². The number of methoxy groups -OCH3 is 2. The van der Waals surface area contributed by atoms with Crippen LogP contribution < -0.4 is 9.47 Å². The monoisotopic (exact) mass is 550 g/mol. The Bertz CT molecular complexity index is 1980. The Kier molecular flexibility index (Phi) is 5.53. The van der Waals surface area contributed by atoms with Crippen LogP contribution >= 0.6 is 0 Å². The van der Waals surface area contributed by atoms with Gasteiger partial charge in [-0.15, -0.1) is 0 Å². The van der Waals surface area contributed by atoms with Crippen LogP contribution in [0.4, 0.5) is 0 Å². The molecule has 4 aromatic rings. The van der Waals surface area contributed by atoms with E-state index in [4.69, 9.17) is 9.47 Å². The van der Waals surface area contributed by atoms with Crippen molar-refractivity contribution in [3.63, 3.8) is 0 Å². The van der Waals surface area contributed by atoms with Crippen LogP contribution in [0.2, 0.25) is 0 Å². The van der Waals surface area contributed by atoms with Crippen molar-refractivity contribution in [3.8, 4) is 39.9 Å². The molecule has 204 valence electrons. The summed E-state index contributed by atoms with van der Waals surface area (Å²) in [4.78, 5) is 54.0. The Morgan fingerprint density at radius 2 is 1.29 bits per heavy atom. The summed E-state index contributed by atoms with van der Waals surface area (Å²) in [5, 5.41) is 33.7. The van der Waals surface area contributed by atoms with E-state index in [-0.39, 0.29) is 72.5 Å². The summed E-state index contributed by atoms with van der Waals surface area (Å²) in [6, 6.07) is 8.35. The number of benzene rings is 4. The normalized spacial score (nSPS) is 14.0. The number of phenolic OH excluding ortho intramolecular Hbond substituents is 3. The summed E-state index contributed by atoms with van der Waals surface area (Å²) in [5.74, 6) is -3.63. The highest BCUT2D eigenvalue weighted by atomic mass is 16.5. The Morgan fingerprint density at radius 1 is 0.585 bits per heavy atom. The molecule has 0 heterocycles. The molecular weight excluding hydrogens is 528 g/mol. The fraction of sp³-hybridized carbons (Fsp3) is 0.125. The highest BCUT2D eigenvalue weighted by Crippen LogP contribution is 2.51. The number of ketones is 4. The molecule has 41 heavy (non-hydrogen) atoms. The Hall–Kier alpha value is -5.44. The largest absolute Gasteiger partial charge is 0.507 e. The van der Waals surface area contributed by atoms with E-state index >= 15 is 0 Å². The predicted octanol–water partition coefficient (Wildman–Crippen LogP) is 5.05. The van der Waals surface area contributed by atoms with Crippen molar-refractivity contribution in [2.45, 2.75) is 13.8 Å². The fourth-order valence-corrected chi connectivity index (χ4v) is 5.71. The van der Waals surface area contributed by atoms with Crippen molar-refractivity contribution in [2.24, 2.45) is 0 Å². The van der Waals surface area contributed by atoms with Crippen molar-refractivity contribution in [1.82, 2.24) is 0 Å². The lowest BCUT2D eigenvalue weighted by atomic mass is 9.77. The summed E-state index contributed by atoms with van der Waals surface area (Å²) in [7, 11) is 2.67. The molecule has 0 spiro atoms. The van der Waals surface area contributed by atoms with E-state index in [1.165, 1.54) is 63.6 Å². The Labute approximate surface area is 232 Å². The van der Waals surface area contributed by atoms with Gasteiger partial charge in [0.1, 0.15) is 28.7 Å². The maximum Gasteiger partial charge on any atom is 0.201 e. The molecule has 0 aromatic heterocycles. The number of hydrogen-bond donors (Lipinski definition) is 3. The second-order valence-electron chi connectivity index (χ2n) is 10.0. The number of hydrogen-bond acceptors (Lipinski definition) is 9. The average Bonchev–Trinajstić information content (AvgIpc) is 2.93. The van der Waals surface area contributed by atoms with E-state index in [9.17, 15) is 34.5 Å². The molecule has 2 aliphatic carbocycles. The minimum absolute atomic E-state index is 0.00817. The standard InChI is InChI=1S/C32H22O9/c1-12-5-18-24(22(35)6-12)31(38)27-19(30(18)37)11-23(41-4)28(32(27)39)25-16-8-14(40-3)9-21(34)15(16)10-17-20(33)7-13(2)29(36)26(17)25/h5-11,34-35,39H,1-4H3. The molecule has 0 saturated heterocycles. The van der Waals surface area contributed by atoms with Gasteiger partial charge in [-0.3, -0.25) is 19.2 Å². The van der Waals surface area contributed by atoms with Gasteiger partial charge in [0.15, 0.2) is 17.3 Å². The van der Waals surface area contributed by atoms with E-state index in [0.717, 1.165) is 0 Å². The highest BCUT2D eigenvalue weighted by Gasteiger charge is 2.39. The summed E-state index contributed by atoms with van der Waals surface area (Å²) in [6.45, 7) is 3.14. The van der Waals surface area contributed by atoms with Crippen molar-refractivity contribution >= 4 is 33.9 Å². The lowest BCUT2D eigenvalue weighted by Crippen LogP contribution is -2.22. The second kappa shape index (κ2) is 8.79. The number of rotatable bonds is 3. The summed E-state index contributed by atoms with van der Waals surface area (Å²) in [5.41, 5.74) is -0.358. The van der Waals surface area contributed by atoms with Gasteiger partial charge in [-0.05, 0) is 61.2 Å². The molecule has 0 fully saturated rings. The molecular formula is C32H22O9. The average molecular weight is 551 g/mol. The van der Waals surface area contributed by atoms with Gasteiger partial charge in [-0.1, -0.05) is 0 Å². The van der Waals surface area contributed by atoms with Crippen LogP contribution in [0.3, 0.4) is 0 Å². The molecule has 0 bridgehead atoms. The first-order valence-electron chi connectivity index (χ1n) is 12.5. The quantitative estimate of drug-likeness (QED) is 0.281. The van der Waals surface area contributed by atoms with E-state index in [0.29, 0.717) is 5.56 Å². The lowest BCUT2D eigenvalue weighted by Gasteiger charge is -2.25. The van der Waals surface area contributed by atoms with Crippen LogP contribution in [0.25, 0.3) is 21.9 Å². The molecule has 4 aromatic carbocycles. The van der Waals surface area contributed by atoms with Gasteiger partial charge in [0.2, 0.25) is 5.78 Å². The van der Waals surface area contributed by atoms with Crippen molar-refractivity contribution in [2.75, 3.05) is 14.2 Å². The third-order valence-corrected chi connectivity index (χ3v) is 7.58. The highest BCUT2D eigenvalue weighted by molar-refractivity contribution is 6.33. The summed E-state index contributed by atoms with van der Waals surface area (Å²) in [6.07, 6.45) is 1.19. The van der Waals surface area contributed by atoms with E-state index < -0.39 is 40.2 Å². The number of aromatic hydroxyl groups is 3. The van der Waals surface area contributed by atoms with E-state index in [1.807, 2.05) is 0 Å². The number of carbonyl (C=O) groups excluding carboxylic acids is 4. The lowest BCUT2D eigenvalue weighted by molar-refractivity contribution is 0.0974. The van der Waals surface area contributed by atoms with Crippen LogP contribution in [0.1, 0.15) is 65.0 Å². The van der Waals surface area contributed by atoms with E-state index in [2.05, 4.69) is 0 Å². The number of aryl methyl sites for hydroxylation is 1. The van der Waals surface area contributed by atoms with Crippen LogP contribution in [-0.2, 0) is 0 Å². The maximum absolute atomic E-state index is 13.8. The second-order valence-corrected chi connectivity index (χ2v) is 10.0. The van der Waals surface area contributed by atoms with Gasteiger partial charge in [0.25, 0.3) is 0 Å². The molecule has 9 heteroatoms. The van der Waals surface area contributed by atoms with E-state index in [1.54, 1.807) is 6.92 Å². The molecule has 0 atom stereocenters. The molecule has 0 amide bonds. The molecule has 0 saturated carbocycles. The molecule has 6 rings (SSSR count). The maximum atomic E-state index is 13.8. The summed E-state index contributed by atoms with van der Waals surface area (Å²) >= 11 is 0. The first-order chi connectivity index (χ1) is 19.5. The number of fused-ring (bicyclic) bond motifs is 4. The Balaban J connectivity index is 1.80. The zero-order valence-electron chi connectivity index (χ0n) is 22.3. The minimum atomic E-state index is -0.804. The third kappa shape index (κ3) is 3.48. The first-order valence-corrected chi connectivity index (χ1v) is 12.5. The van der Waals surface area contributed by atoms with Crippen LogP contribution in [-0.4, -0.2) is 52.7 Å². The molecule has 0 radical (unpaired) electrons. The van der Waals surface area contributed by atoms with Crippen molar-refractivity contribution in [3.05, 3.63) is 87.0 Å². The molecule has 0 unspecified atom stereocenters. The third-order valence-electron chi connectivity index (χ3n) is 7.58. The Morgan fingerprint density at radius 3 is 1.98 bits per heavy atom. The van der Waals surface area contributed by atoms with Crippen LogP contribution in [0.5, 0.6) is 28.7 Å². The number of Topliss-reactive ketones (excluding diaryl/α,β-unsaturated/α-hetero) is 1. The first kappa shape index (κ1) is 25.8. The molecule has 9 nitrogen and oxygen atoms in total. The van der Waals surface area contributed by atoms with Gasteiger partial charge in [-0.25, -0.2) is 0 Å². The fourth-order valence-electron chi connectivity index (χ4n) is 5.71. The number of ether oxygens (including phenoxy) is 2. The number of allylic oxidation sites excluding steroid dienone is 2. The minimum Gasteiger partial charge on any atom is -0.507 e. The summed E-state index contributed by atoms with van der Waals surface area (Å²) < 4.78 is 10.9. The van der Waals surface area contributed by atoms with Crippen LogP contribution in [0.15, 0.2) is 48.0 Å². The van der Waals surface area contributed by atoms with Gasteiger partial charge >= 0.3 is 0 Å². The molecule has 3 N–H and O–H groups in total. The zero-order chi connectivity index (χ0) is 29.5. The number of carbonyl (C=O) groups is 4. The topological polar surface area (TPSA) is 147 Å². The smallest absolute Gasteiger partial charge is 0.201 e. The SMILES string of the molecule is COc1cc(O)c2cc3c(c(-c4c(OC)cc5c(c4O)C(=O)c4c(O)cc(C)cc4C5=O)c2c1)C(=O)C(C)=CC3=O. The zero-order valence-corrected chi connectivity index (χ0v) is 22.3. The number of phenols is 3. The van der Waals surface area contributed by atoms with Gasteiger partial charge in [0.05, 0.1) is 30.9 Å². The van der Waals surface area contributed by atoms with Crippen molar-refractivity contribution < 1.29 is 44.0 Å². The predicted molar refractivity (Wildman–Crippen MR) is 148 cm³/mol. The van der Waals surface area contributed by atoms with Gasteiger partial charge < -0.3 is 24.8 Å².